The summed E-state index contributed by atoms with van der Waals surface area (Å²) in [4.78, 5) is 12.6. The summed E-state index contributed by atoms with van der Waals surface area (Å²) < 4.78 is 27.1. The summed E-state index contributed by atoms with van der Waals surface area (Å²) in [5.41, 5.74) is 3.70. The fraction of sp³-hybridized carbons (Fsp3) is 0.250. The summed E-state index contributed by atoms with van der Waals surface area (Å²) in [6.45, 7) is 6.03. The van der Waals surface area contributed by atoms with Crippen LogP contribution < -0.4 is 10.0 Å². The lowest BCUT2D eigenvalue weighted by Crippen LogP contribution is -2.25. The van der Waals surface area contributed by atoms with Crippen LogP contribution in [-0.4, -0.2) is 31.1 Å². The third-order valence-electron chi connectivity index (χ3n) is 4.42. The number of hydrogen-bond donors (Lipinski definition) is 2. The summed E-state index contributed by atoms with van der Waals surface area (Å²) in [5, 5.41) is 11.7. The van der Waals surface area contributed by atoms with Gasteiger partial charge in [0.05, 0.1) is 4.90 Å². The lowest BCUT2D eigenvalue weighted by Gasteiger charge is -2.06. The number of benzene rings is 2. The Morgan fingerprint density at radius 1 is 1.00 bits per heavy atom. The first-order chi connectivity index (χ1) is 13.7. The molecule has 0 unspecified atom stereocenters. The van der Waals surface area contributed by atoms with E-state index in [0.29, 0.717) is 22.1 Å². The van der Waals surface area contributed by atoms with Crippen LogP contribution in [0.1, 0.15) is 32.1 Å². The Balaban J connectivity index is 1.55. The van der Waals surface area contributed by atoms with Crippen molar-refractivity contribution < 1.29 is 13.2 Å². The maximum Gasteiger partial charge on any atom is 0.257 e. The molecule has 9 heteroatoms. The standard InChI is InChI=1S/C20H22N4O3S2/c1-13-4-8-17(9-5-13)29(26,27)21-11-10-18-23-24-20(28-18)22-19(25)16-7-6-14(2)15(3)12-16/h4-9,12,21H,10-11H2,1-3H3,(H,22,24,25). The molecular weight excluding hydrogens is 408 g/mol. The summed E-state index contributed by atoms with van der Waals surface area (Å²) in [7, 11) is -3.57. The van der Waals surface area contributed by atoms with Crippen molar-refractivity contribution in [1.82, 2.24) is 14.9 Å². The average molecular weight is 431 g/mol. The lowest BCUT2D eigenvalue weighted by atomic mass is 10.1. The van der Waals surface area contributed by atoms with Crippen LogP contribution in [0.4, 0.5) is 5.13 Å². The van der Waals surface area contributed by atoms with Crippen LogP contribution in [0.25, 0.3) is 0 Å². The minimum atomic E-state index is -3.57. The van der Waals surface area contributed by atoms with Gasteiger partial charge in [-0.3, -0.25) is 10.1 Å². The zero-order chi connectivity index (χ0) is 21.0. The fourth-order valence-electron chi connectivity index (χ4n) is 2.55. The van der Waals surface area contributed by atoms with Crippen molar-refractivity contribution in [2.75, 3.05) is 11.9 Å². The van der Waals surface area contributed by atoms with Gasteiger partial charge in [0.2, 0.25) is 15.2 Å². The van der Waals surface area contributed by atoms with Crippen molar-refractivity contribution in [3.8, 4) is 0 Å². The first kappa shape index (κ1) is 21.1. The number of aryl methyl sites for hydroxylation is 3. The first-order valence-corrected chi connectivity index (χ1v) is 11.3. The molecule has 0 fully saturated rings. The van der Waals surface area contributed by atoms with E-state index >= 15 is 0 Å². The highest BCUT2D eigenvalue weighted by Gasteiger charge is 2.14. The normalized spacial score (nSPS) is 11.4. The number of sulfonamides is 1. The second-order valence-corrected chi connectivity index (χ2v) is 9.54. The highest BCUT2D eigenvalue weighted by atomic mass is 32.2. The number of rotatable bonds is 7. The Kier molecular flexibility index (Phi) is 6.41. The van der Waals surface area contributed by atoms with Crippen LogP contribution in [-0.2, 0) is 16.4 Å². The van der Waals surface area contributed by atoms with Gasteiger partial charge in [0.1, 0.15) is 5.01 Å². The molecule has 29 heavy (non-hydrogen) atoms. The van der Waals surface area contributed by atoms with Crippen molar-refractivity contribution in [2.45, 2.75) is 32.1 Å². The average Bonchev–Trinajstić information content (AvgIpc) is 3.11. The number of hydrogen-bond acceptors (Lipinski definition) is 6. The van der Waals surface area contributed by atoms with Crippen LogP contribution in [0.15, 0.2) is 47.4 Å². The summed E-state index contributed by atoms with van der Waals surface area (Å²) >= 11 is 1.22. The number of amides is 1. The van der Waals surface area contributed by atoms with Gasteiger partial charge in [0, 0.05) is 18.5 Å². The van der Waals surface area contributed by atoms with E-state index in [4.69, 9.17) is 0 Å². The van der Waals surface area contributed by atoms with E-state index in [1.165, 1.54) is 11.3 Å². The van der Waals surface area contributed by atoms with Crippen molar-refractivity contribution in [3.05, 3.63) is 69.7 Å². The monoisotopic (exact) mass is 430 g/mol. The number of nitrogens with zero attached hydrogens (tertiary/aromatic N) is 2. The van der Waals surface area contributed by atoms with Gasteiger partial charge in [-0.15, -0.1) is 10.2 Å². The van der Waals surface area contributed by atoms with Crippen molar-refractivity contribution in [3.63, 3.8) is 0 Å². The largest absolute Gasteiger partial charge is 0.296 e. The number of anilines is 1. The number of nitrogens with one attached hydrogen (secondary N) is 2. The van der Waals surface area contributed by atoms with E-state index < -0.39 is 10.0 Å². The summed E-state index contributed by atoms with van der Waals surface area (Å²) in [5.74, 6) is -0.254. The third kappa shape index (κ3) is 5.47. The molecule has 0 saturated carbocycles. The van der Waals surface area contributed by atoms with Crippen LogP contribution in [0, 0.1) is 20.8 Å². The molecule has 1 heterocycles. The van der Waals surface area contributed by atoms with Gasteiger partial charge in [-0.1, -0.05) is 35.1 Å². The molecule has 0 bridgehead atoms. The molecule has 3 aromatic rings. The molecule has 1 aromatic heterocycles. The second kappa shape index (κ2) is 8.81. The van der Waals surface area contributed by atoms with Gasteiger partial charge in [0.25, 0.3) is 5.91 Å². The van der Waals surface area contributed by atoms with Crippen molar-refractivity contribution in [2.24, 2.45) is 0 Å². The van der Waals surface area contributed by atoms with Gasteiger partial charge in [0.15, 0.2) is 0 Å². The molecule has 0 radical (unpaired) electrons. The smallest absolute Gasteiger partial charge is 0.257 e. The van der Waals surface area contributed by atoms with Crippen LogP contribution in [0.3, 0.4) is 0 Å². The predicted octanol–water partition coefficient (Wildman–Crippen LogP) is 3.24. The highest BCUT2D eigenvalue weighted by molar-refractivity contribution is 7.89. The third-order valence-corrected chi connectivity index (χ3v) is 6.79. The number of carbonyl (C=O) groups is 1. The molecule has 0 saturated heterocycles. The second-order valence-electron chi connectivity index (χ2n) is 6.71. The minimum absolute atomic E-state index is 0.190. The molecule has 152 valence electrons. The Morgan fingerprint density at radius 3 is 2.41 bits per heavy atom. The Morgan fingerprint density at radius 2 is 1.72 bits per heavy atom. The molecule has 0 spiro atoms. The van der Waals surface area contributed by atoms with E-state index in [-0.39, 0.29) is 17.3 Å². The topological polar surface area (TPSA) is 101 Å². The Labute approximate surface area is 174 Å². The first-order valence-electron chi connectivity index (χ1n) is 9.02. The lowest BCUT2D eigenvalue weighted by molar-refractivity contribution is 0.102. The quantitative estimate of drug-likeness (QED) is 0.599. The zero-order valence-electron chi connectivity index (χ0n) is 16.4. The number of carbonyl (C=O) groups excluding carboxylic acids is 1. The SMILES string of the molecule is Cc1ccc(S(=O)(=O)NCCc2nnc(NC(=O)c3ccc(C)c(C)c3)s2)cc1. The van der Waals surface area contributed by atoms with Crippen molar-refractivity contribution in [1.29, 1.82) is 0 Å². The van der Waals surface area contributed by atoms with Gasteiger partial charge < -0.3 is 0 Å². The van der Waals surface area contributed by atoms with E-state index in [9.17, 15) is 13.2 Å². The molecule has 3 rings (SSSR count). The molecule has 2 aromatic carbocycles. The predicted molar refractivity (Wildman–Crippen MR) is 114 cm³/mol. The van der Waals surface area contributed by atoms with E-state index in [1.807, 2.05) is 32.9 Å². The van der Waals surface area contributed by atoms with Gasteiger partial charge in [-0.05, 0) is 56.2 Å². The van der Waals surface area contributed by atoms with E-state index in [1.54, 1.807) is 30.3 Å². The van der Waals surface area contributed by atoms with Crippen LogP contribution in [0.5, 0.6) is 0 Å². The molecule has 2 N–H and O–H groups in total. The van der Waals surface area contributed by atoms with Crippen LogP contribution >= 0.6 is 11.3 Å². The summed E-state index contributed by atoms with van der Waals surface area (Å²) in [6, 6.07) is 12.1. The maximum atomic E-state index is 12.3. The zero-order valence-corrected chi connectivity index (χ0v) is 18.0. The molecule has 0 aliphatic rings. The van der Waals surface area contributed by atoms with E-state index in [0.717, 1.165) is 16.7 Å². The molecular formula is C20H22N4O3S2. The molecule has 0 atom stereocenters. The molecule has 7 nitrogen and oxygen atoms in total. The highest BCUT2D eigenvalue weighted by Crippen LogP contribution is 2.18. The number of aromatic nitrogens is 2. The van der Waals surface area contributed by atoms with Crippen LogP contribution in [0.2, 0.25) is 0 Å². The minimum Gasteiger partial charge on any atom is -0.296 e. The van der Waals surface area contributed by atoms with Gasteiger partial charge in [-0.2, -0.15) is 0 Å². The van der Waals surface area contributed by atoms with Gasteiger partial charge in [-0.25, -0.2) is 13.1 Å². The molecule has 0 aliphatic carbocycles. The molecule has 1 amide bonds. The fourth-order valence-corrected chi connectivity index (χ4v) is 4.32. The maximum absolute atomic E-state index is 12.3. The summed E-state index contributed by atoms with van der Waals surface area (Å²) in [6.07, 6.45) is 0.377. The Hall–Kier alpha value is -2.62. The Bertz CT molecular complexity index is 1120. The van der Waals surface area contributed by atoms with E-state index in [2.05, 4.69) is 20.2 Å². The van der Waals surface area contributed by atoms with Crippen molar-refractivity contribution >= 4 is 32.4 Å². The van der Waals surface area contributed by atoms with Gasteiger partial charge >= 0.3 is 0 Å². The molecule has 0 aliphatic heterocycles.